The molecule has 0 radical (unpaired) electrons. The topological polar surface area (TPSA) is 692 Å². The second-order valence-electron chi connectivity index (χ2n) is 28.9. The smallest absolute Gasteiger partial charge is 0.326 e. The van der Waals surface area contributed by atoms with Crippen LogP contribution in [0.15, 0.2) is 60.7 Å². The van der Waals surface area contributed by atoms with Gasteiger partial charge in [0.1, 0.15) is 78.5 Å². The number of carbonyl (C=O) groups excluding carboxylic acids is 16. The number of carboxylic acid groups (broad SMARTS) is 3. The van der Waals surface area contributed by atoms with Gasteiger partial charge in [0.15, 0.2) is 0 Å². The minimum Gasteiger partial charge on any atom is -0.481 e. The van der Waals surface area contributed by atoms with Crippen LogP contribution >= 0.6 is 0 Å². The number of amides is 16. The third-order valence-corrected chi connectivity index (χ3v) is 17.8. The maximum absolute atomic E-state index is 14.5. The zero-order valence-corrected chi connectivity index (χ0v) is 66.2. The van der Waals surface area contributed by atoms with Gasteiger partial charge < -0.3 is 122 Å². The summed E-state index contributed by atoms with van der Waals surface area (Å²) in [7, 11) is 0. The summed E-state index contributed by atoms with van der Waals surface area (Å²) >= 11 is 0. The summed E-state index contributed by atoms with van der Waals surface area (Å²) in [5.74, 6) is -23.6. The largest absolute Gasteiger partial charge is 0.481 e. The Labute approximate surface area is 669 Å². The van der Waals surface area contributed by atoms with Gasteiger partial charge in [-0.25, -0.2) is 4.79 Å². The zero-order chi connectivity index (χ0) is 87.8. The average Bonchev–Trinajstić information content (AvgIpc) is 0.848. The maximum Gasteiger partial charge on any atom is 0.326 e. The van der Waals surface area contributed by atoms with Crippen LogP contribution in [0, 0.1) is 23.7 Å². The highest BCUT2D eigenvalue weighted by Crippen LogP contribution is 2.16. The van der Waals surface area contributed by atoms with E-state index < -0.39 is 280 Å². The lowest BCUT2D eigenvalue weighted by Crippen LogP contribution is -2.62. The lowest BCUT2D eigenvalue weighted by molar-refractivity contribution is -0.143. The number of carboxylic acids is 3. The molecule has 0 fully saturated rings. The van der Waals surface area contributed by atoms with E-state index in [1.165, 1.54) is 32.9 Å². The second kappa shape index (κ2) is 51.1. The van der Waals surface area contributed by atoms with E-state index in [4.69, 9.17) is 17.2 Å². The summed E-state index contributed by atoms with van der Waals surface area (Å²) in [5, 5.41) is 92.5. The summed E-state index contributed by atoms with van der Waals surface area (Å²) in [6.07, 6.45) is -6.47. The van der Waals surface area contributed by atoms with Crippen molar-refractivity contribution in [2.45, 2.75) is 224 Å². The number of nitrogens with one attached hydrogen (secondary N) is 14. The molecule has 644 valence electrons. The summed E-state index contributed by atoms with van der Waals surface area (Å²) in [6, 6.07) is -5.55. The molecule has 0 spiro atoms. The van der Waals surface area contributed by atoms with Crippen LogP contribution in [0.5, 0.6) is 0 Å². The molecular weight excluding hydrogens is 1530 g/mol. The van der Waals surface area contributed by atoms with E-state index in [0.717, 1.165) is 0 Å². The first-order chi connectivity index (χ1) is 54.4. The fourth-order valence-electron chi connectivity index (χ4n) is 11.1. The fraction of sp³-hybridized carbons (Fsp3) is 0.581. The molecule has 2 aromatic carbocycles. The minimum absolute atomic E-state index is 0.0163. The van der Waals surface area contributed by atoms with E-state index in [0.29, 0.717) is 17.5 Å². The molecule has 0 unspecified atom stereocenters. The Morgan fingerprint density at radius 1 is 0.371 bits per heavy atom. The van der Waals surface area contributed by atoms with Crippen molar-refractivity contribution in [2.75, 3.05) is 26.3 Å². The van der Waals surface area contributed by atoms with Gasteiger partial charge in [0, 0.05) is 32.1 Å². The van der Waals surface area contributed by atoms with E-state index in [-0.39, 0.29) is 37.5 Å². The van der Waals surface area contributed by atoms with Crippen molar-refractivity contribution in [1.82, 2.24) is 74.4 Å². The Morgan fingerprint density at radius 2 is 0.724 bits per heavy atom. The molecule has 116 heavy (non-hydrogen) atoms. The van der Waals surface area contributed by atoms with E-state index in [1.54, 1.807) is 90.1 Å². The van der Waals surface area contributed by atoms with Crippen molar-refractivity contribution in [3.8, 4) is 0 Å². The molecule has 0 saturated heterocycles. The van der Waals surface area contributed by atoms with Crippen LogP contribution in [0.3, 0.4) is 0 Å². The number of rotatable bonds is 54. The molecule has 42 nitrogen and oxygen atoms in total. The van der Waals surface area contributed by atoms with Crippen molar-refractivity contribution in [3.05, 3.63) is 71.8 Å². The Morgan fingerprint density at radius 3 is 1.11 bits per heavy atom. The maximum atomic E-state index is 14.5. The molecule has 2 aromatic rings. The van der Waals surface area contributed by atoms with E-state index in [9.17, 15) is 122 Å². The van der Waals surface area contributed by atoms with Gasteiger partial charge in [-0.3, -0.25) is 86.3 Å². The number of nitrogens with two attached hydrogens (primary N) is 3. The van der Waals surface area contributed by atoms with E-state index >= 15 is 0 Å². The lowest BCUT2D eigenvalue weighted by atomic mass is 9.96. The molecule has 0 bridgehead atoms. The summed E-state index contributed by atoms with van der Waals surface area (Å²) < 4.78 is 0. The number of primary amides is 2. The van der Waals surface area contributed by atoms with Crippen LogP contribution in [-0.2, 0) is 104 Å². The Hall–Kier alpha value is -11.8. The molecule has 0 saturated carbocycles. The molecule has 0 aliphatic rings. The minimum atomic E-state index is -2.04. The predicted molar refractivity (Wildman–Crippen MR) is 410 cm³/mol. The number of hydrogen-bond donors (Lipinski definition) is 23. The van der Waals surface area contributed by atoms with Crippen LogP contribution in [0.25, 0.3) is 0 Å². The molecule has 0 aromatic heterocycles. The number of aliphatic carboxylic acids is 3. The van der Waals surface area contributed by atoms with E-state index in [1.807, 2.05) is 0 Å². The highest BCUT2D eigenvalue weighted by Gasteiger charge is 2.39. The first kappa shape index (κ1) is 100. The van der Waals surface area contributed by atoms with Gasteiger partial charge in [0.25, 0.3) is 0 Å². The van der Waals surface area contributed by atoms with Crippen molar-refractivity contribution in [1.29, 1.82) is 0 Å². The lowest BCUT2D eigenvalue weighted by Gasteiger charge is -2.29. The fourth-order valence-corrected chi connectivity index (χ4v) is 11.1. The second-order valence-corrected chi connectivity index (χ2v) is 28.9. The molecule has 0 aliphatic heterocycles. The highest BCUT2D eigenvalue weighted by molar-refractivity contribution is 6.01. The van der Waals surface area contributed by atoms with Gasteiger partial charge in [-0.05, 0) is 73.8 Å². The van der Waals surface area contributed by atoms with Gasteiger partial charge in [-0.1, -0.05) is 122 Å². The van der Waals surface area contributed by atoms with Gasteiger partial charge in [0.05, 0.1) is 38.8 Å². The number of hydrogen-bond acceptors (Lipinski definition) is 23. The Kier molecular flexibility index (Phi) is 44.2. The molecule has 0 heterocycles. The number of aliphatic hydroxyl groups is 3. The molecule has 42 heteroatoms. The van der Waals surface area contributed by atoms with Crippen LogP contribution in [0.4, 0.5) is 0 Å². The molecule has 2 rings (SSSR count). The quantitative estimate of drug-likeness (QED) is 0.0293. The highest BCUT2D eigenvalue weighted by atomic mass is 16.4. The monoisotopic (exact) mass is 1640 g/mol. The Bertz CT molecular complexity index is 3720. The molecule has 16 amide bonds. The third kappa shape index (κ3) is 37.4. The first-order valence-electron chi connectivity index (χ1n) is 37.6. The van der Waals surface area contributed by atoms with Crippen molar-refractivity contribution in [3.63, 3.8) is 0 Å². The van der Waals surface area contributed by atoms with Crippen molar-refractivity contribution >= 4 is 112 Å². The third-order valence-electron chi connectivity index (χ3n) is 17.8. The van der Waals surface area contributed by atoms with Crippen molar-refractivity contribution < 1.29 is 122 Å². The van der Waals surface area contributed by atoms with Crippen LogP contribution in [0.2, 0.25) is 0 Å². The van der Waals surface area contributed by atoms with Gasteiger partial charge in [0.2, 0.25) is 94.5 Å². The Balaban J connectivity index is 2.39. The summed E-state index contributed by atoms with van der Waals surface area (Å²) in [6.45, 7) is 10.2. The molecule has 15 atom stereocenters. The van der Waals surface area contributed by atoms with Crippen LogP contribution in [0.1, 0.15) is 138 Å². The van der Waals surface area contributed by atoms with Gasteiger partial charge in [-0.15, -0.1) is 0 Å². The molecular formula is C74H113N17O25. The zero-order valence-electron chi connectivity index (χ0n) is 66.2. The first-order valence-corrected chi connectivity index (χ1v) is 37.6. The normalized spacial score (nSPS) is 15.0. The molecule has 0 aliphatic carbocycles. The number of benzene rings is 2. The predicted octanol–water partition coefficient (Wildman–Crippen LogP) is -7.04. The summed E-state index contributed by atoms with van der Waals surface area (Å²) in [5.41, 5.74) is 17.4. The summed E-state index contributed by atoms with van der Waals surface area (Å²) in [4.78, 5) is 253. The number of aliphatic hydroxyl groups excluding tert-OH is 3. The van der Waals surface area contributed by atoms with E-state index in [2.05, 4.69) is 74.4 Å². The number of carbonyl (C=O) groups is 19. The molecule has 26 N–H and O–H groups in total. The average molecular weight is 1640 g/mol. The van der Waals surface area contributed by atoms with Crippen LogP contribution < -0.4 is 91.6 Å². The van der Waals surface area contributed by atoms with Crippen LogP contribution in [-0.4, -0.2) is 254 Å². The standard InChI is InChI=1S/C74H113N17O25/c1-10-39(8)61(91-71(112)59(77)40(9)94)73(114)86-46(27-36(2)3)65(106)85-47(29-41-17-13-11-14-18-41)66(107)81-45(23-26-58(101)102)64(105)88-51(34-92)69(110)83-43(21-24-53(75)95)62(103)84-48(30-42-19-15-12-16-20-42)67(108)89-52(35-93)70(111)90-60(38(6)7)72(113)79-32-55(97)78-33-56(98)80-49(31-54(76)96)68(109)82-44(22-25-57(99)100)63(104)87-50(74(115)116)28-37(4)5/h11-20,36-40,43-52,59-61,92-94H,10,21-35,77H2,1-9H3,(H2,75,95)(H2,76,96)(H,78,97)(H,79,113)(H,80,98)(H,81,107)(H,82,109)(H,83,110)(H,84,103)(H,85,106)(H,86,114)(H,87,104)(H,88,105)(H,89,108)(H,90,111)(H,91,112)(H,99,100)(H,101,102)(H,115,116)/t39-,40+,43-,44-,45-,46-,47-,48-,49-,50-,51-,52-,59-,60-,61-/m0/s1. The van der Waals surface area contributed by atoms with Gasteiger partial charge in [-0.2, -0.15) is 0 Å². The van der Waals surface area contributed by atoms with Crippen molar-refractivity contribution in [2.24, 2.45) is 40.9 Å². The van der Waals surface area contributed by atoms with Gasteiger partial charge >= 0.3 is 17.9 Å². The SMILES string of the molecule is CC[C@H](C)[C@H](NC(=O)[C@@H](N)[C@@H](C)O)C(=O)N[C@@H](CC(C)C)C(=O)N[C@@H](Cc1ccccc1)C(=O)N[C@@H](CCC(=O)O)C(=O)N[C@@H](CO)C(=O)N[C@@H](CCC(N)=O)C(=O)N[C@@H](Cc1ccccc1)C(=O)N[C@@H](CO)C(=O)N[C@H](C(=O)NCC(=O)NCC(=O)N[C@@H](CC(N)=O)C(=O)N[C@@H](CCC(=O)O)C(=O)N[C@@H](CC(C)C)C(=O)O)C(C)C.